The van der Waals surface area contributed by atoms with Crippen LogP contribution < -0.4 is 5.73 Å². The van der Waals surface area contributed by atoms with Gasteiger partial charge in [0.15, 0.2) is 0 Å². The van der Waals surface area contributed by atoms with Gasteiger partial charge in [0.1, 0.15) is 6.04 Å². The Kier molecular flexibility index (Phi) is 12.1. The lowest BCUT2D eigenvalue weighted by Crippen LogP contribution is -2.29. The molecule has 0 saturated heterocycles. The minimum atomic E-state index is -0.892. The van der Waals surface area contributed by atoms with Crippen molar-refractivity contribution in [1.82, 2.24) is 0 Å². The smallest absolute Gasteiger partial charge is 0.320 e. The van der Waals surface area contributed by atoms with Crippen LogP contribution in [0.2, 0.25) is 0 Å². The molecule has 0 heterocycles. The quantitative estimate of drug-likeness (QED) is 0.438. The van der Waals surface area contributed by atoms with E-state index in [2.05, 4.69) is 6.92 Å². The number of nitrogens with two attached hydrogens (primary N) is 1. The van der Waals surface area contributed by atoms with Gasteiger partial charge in [-0.15, -0.1) is 0 Å². The first-order valence-electron chi connectivity index (χ1n) is 4.16. The Morgan fingerprint density at radius 3 is 2.31 bits per heavy atom. The Hall–Kier alpha value is -1.10. The van der Waals surface area contributed by atoms with Crippen molar-refractivity contribution >= 4 is 12.4 Å². The zero-order chi connectivity index (χ0) is 10.7. The predicted octanol–water partition coefficient (Wildman–Crippen LogP) is 0.679. The van der Waals surface area contributed by atoms with E-state index in [9.17, 15) is 4.79 Å². The van der Waals surface area contributed by atoms with Crippen molar-refractivity contribution in [1.29, 1.82) is 0 Å². The fourth-order valence-corrected chi connectivity index (χ4v) is 0.738. The predicted molar refractivity (Wildman–Crippen MR) is 48.4 cm³/mol. The second-order valence-corrected chi connectivity index (χ2v) is 2.55. The third-order valence-electron chi connectivity index (χ3n) is 1.44. The van der Waals surface area contributed by atoms with Gasteiger partial charge in [0.2, 0.25) is 0 Å². The number of carbonyl (C=O) groups is 2. The number of carboxylic acid groups (broad SMARTS) is 2. The van der Waals surface area contributed by atoms with Gasteiger partial charge in [0.05, 0.1) is 0 Å². The number of rotatable bonds is 5. The molecule has 0 aromatic carbocycles. The first kappa shape index (κ1) is 14.4. The Labute approximate surface area is 77.6 Å². The van der Waals surface area contributed by atoms with E-state index < -0.39 is 12.0 Å². The number of carboxylic acids is 1. The summed E-state index contributed by atoms with van der Waals surface area (Å²) >= 11 is 0. The van der Waals surface area contributed by atoms with Crippen LogP contribution in [0.15, 0.2) is 0 Å². The monoisotopic (exact) mass is 191 g/mol. The number of aliphatic carboxylic acids is 1. The minimum absolute atomic E-state index is 0.250. The first-order valence-corrected chi connectivity index (χ1v) is 4.16. The SMILES string of the molecule is CCCCCC(N)C(=O)O.O=CO. The molecule has 0 aromatic heterocycles. The van der Waals surface area contributed by atoms with E-state index in [0.717, 1.165) is 19.3 Å². The summed E-state index contributed by atoms with van der Waals surface area (Å²) in [6, 6.07) is -0.661. The maximum atomic E-state index is 10.2. The molecule has 0 bridgehead atoms. The number of hydrogen-bond donors (Lipinski definition) is 3. The Morgan fingerprint density at radius 1 is 1.54 bits per heavy atom. The topological polar surface area (TPSA) is 101 Å². The third-order valence-corrected chi connectivity index (χ3v) is 1.44. The van der Waals surface area contributed by atoms with Crippen LogP contribution in [0.5, 0.6) is 0 Å². The molecule has 78 valence electrons. The largest absolute Gasteiger partial charge is 0.483 e. The lowest BCUT2D eigenvalue weighted by atomic mass is 10.1. The van der Waals surface area contributed by atoms with Crippen molar-refractivity contribution < 1.29 is 19.8 Å². The Balaban J connectivity index is 0. The molecule has 0 rings (SSSR count). The van der Waals surface area contributed by atoms with Crippen LogP contribution in [0, 0.1) is 0 Å². The lowest BCUT2D eigenvalue weighted by Gasteiger charge is -2.03. The van der Waals surface area contributed by atoms with Crippen LogP contribution in [0.1, 0.15) is 32.6 Å². The van der Waals surface area contributed by atoms with Gasteiger partial charge < -0.3 is 15.9 Å². The molecule has 0 saturated carbocycles. The van der Waals surface area contributed by atoms with Gasteiger partial charge in [-0.1, -0.05) is 26.2 Å². The van der Waals surface area contributed by atoms with E-state index in [4.69, 9.17) is 20.7 Å². The van der Waals surface area contributed by atoms with Crippen molar-refractivity contribution in [2.45, 2.75) is 38.6 Å². The van der Waals surface area contributed by atoms with E-state index in [1.807, 2.05) is 0 Å². The van der Waals surface area contributed by atoms with Gasteiger partial charge in [-0.25, -0.2) is 0 Å². The fraction of sp³-hybridized carbons (Fsp3) is 0.750. The maximum absolute atomic E-state index is 10.2. The van der Waals surface area contributed by atoms with Crippen LogP contribution >= 0.6 is 0 Å². The normalized spacial score (nSPS) is 10.9. The summed E-state index contributed by atoms with van der Waals surface area (Å²) in [6.07, 6.45) is 3.69. The molecular weight excluding hydrogens is 174 g/mol. The Bertz CT molecular complexity index is 138. The van der Waals surface area contributed by atoms with Crippen molar-refractivity contribution in [3.8, 4) is 0 Å². The van der Waals surface area contributed by atoms with Crippen LogP contribution in [0.25, 0.3) is 0 Å². The molecule has 4 N–H and O–H groups in total. The maximum Gasteiger partial charge on any atom is 0.320 e. The second-order valence-electron chi connectivity index (χ2n) is 2.55. The van der Waals surface area contributed by atoms with Gasteiger partial charge in [-0.3, -0.25) is 9.59 Å². The standard InChI is InChI=1S/C7H15NO2.CH2O2/c1-2-3-4-5-6(8)7(9)10;2-1-3/h6H,2-5,8H2,1H3,(H,9,10);1H,(H,2,3). The van der Waals surface area contributed by atoms with Crippen molar-refractivity contribution in [2.75, 3.05) is 0 Å². The van der Waals surface area contributed by atoms with Gasteiger partial charge in [-0.2, -0.15) is 0 Å². The van der Waals surface area contributed by atoms with E-state index in [1.54, 1.807) is 0 Å². The van der Waals surface area contributed by atoms with Crippen molar-refractivity contribution in [2.24, 2.45) is 5.73 Å². The minimum Gasteiger partial charge on any atom is -0.483 e. The fourth-order valence-electron chi connectivity index (χ4n) is 0.738. The molecule has 0 radical (unpaired) electrons. The molecule has 0 aromatic rings. The van der Waals surface area contributed by atoms with E-state index in [1.165, 1.54) is 0 Å². The Morgan fingerprint density at radius 2 is 2.00 bits per heavy atom. The molecule has 0 spiro atoms. The summed E-state index contributed by atoms with van der Waals surface area (Å²) in [5.41, 5.74) is 5.26. The van der Waals surface area contributed by atoms with Crippen LogP contribution in [-0.4, -0.2) is 28.7 Å². The molecule has 13 heavy (non-hydrogen) atoms. The molecule has 5 nitrogen and oxygen atoms in total. The van der Waals surface area contributed by atoms with Gasteiger partial charge >= 0.3 is 5.97 Å². The summed E-state index contributed by atoms with van der Waals surface area (Å²) in [4.78, 5) is 18.5. The second kappa shape index (κ2) is 10.9. The third kappa shape index (κ3) is 13.8. The highest BCUT2D eigenvalue weighted by Crippen LogP contribution is 2.01. The average Bonchev–Trinajstić information content (AvgIpc) is 2.06. The highest BCUT2D eigenvalue weighted by atomic mass is 16.4. The average molecular weight is 191 g/mol. The first-order chi connectivity index (χ1) is 6.09. The number of unbranched alkanes of at least 4 members (excludes halogenated alkanes) is 2. The molecule has 5 heteroatoms. The summed E-state index contributed by atoms with van der Waals surface area (Å²) < 4.78 is 0. The van der Waals surface area contributed by atoms with Crippen molar-refractivity contribution in [3.05, 3.63) is 0 Å². The molecule has 0 amide bonds. The van der Waals surface area contributed by atoms with Gasteiger partial charge in [-0.05, 0) is 6.42 Å². The molecular formula is C8H17NO4. The van der Waals surface area contributed by atoms with E-state index in [0.29, 0.717) is 6.42 Å². The zero-order valence-electron chi connectivity index (χ0n) is 7.77. The molecule has 1 unspecified atom stereocenters. The van der Waals surface area contributed by atoms with Gasteiger partial charge in [0, 0.05) is 0 Å². The van der Waals surface area contributed by atoms with Gasteiger partial charge in [0.25, 0.3) is 6.47 Å². The highest BCUT2D eigenvalue weighted by Gasteiger charge is 2.09. The zero-order valence-corrected chi connectivity index (χ0v) is 7.77. The van der Waals surface area contributed by atoms with Crippen LogP contribution in [0.4, 0.5) is 0 Å². The molecule has 0 aliphatic rings. The molecule has 0 aliphatic carbocycles. The van der Waals surface area contributed by atoms with Crippen LogP contribution in [0.3, 0.4) is 0 Å². The lowest BCUT2D eigenvalue weighted by molar-refractivity contribution is -0.138. The highest BCUT2D eigenvalue weighted by molar-refractivity contribution is 5.72. The van der Waals surface area contributed by atoms with E-state index in [-0.39, 0.29) is 6.47 Å². The summed E-state index contributed by atoms with van der Waals surface area (Å²) in [6.45, 7) is 1.83. The summed E-state index contributed by atoms with van der Waals surface area (Å²) in [5, 5.41) is 15.2. The van der Waals surface area contributed by atoms with E-state index >= 15 is 0 Å². The van der Waals surface area contributed by atoms with Crippen LogP contribution in [-0.2, 0) is 9.59 Å². The molecule has 0 aliphatic heterocycles. The summed E-state index contributed by atoms with van der Waals surface area (Å²) in [5.74, 6) is -0.892. The van der Waals surface area contributed by atoms with Crippen molar-refractivity contribution in [3.63, 3.8) is 0 Å². The molecule has 1 atom stereocenters. The molecule has 0 fully saturated rings. The summed E-state index contributed by atoms with van der Waals surface area (Å²) in [7, 11) is 0. The number of hydrogen-bond acceptors (Lipinski definition) is 3.